The van der Waals surface area contributed by atoms with E-state index in [4.69, 9.17) is 11.6 Å². The fraction of sp³-hybridized carbons (Fsp3) is 0.700. The summed E-state index contributed by atoms with van der Waals surface area (Å²) in [5.41, 5.74) is 0. The van der Waals surface area contributed by atoms with E-state index in [9.17, 15) is 4.21 Å². The van der Waals surface area contributed by atoms with Gasteiger partial charge in [0.25, 0.3) is 0 Å². The number of hydrogen-bond acceptors (Lipinski definition) is 4. The van der Waals surface area contributed by atoms with Crippen molar-refractivity contribution in [2.45, 2.75) is 31.1 Å². The molecule has 2 rings (SSSR count). The molecule has 0 amide bonds. The van der Waals surface area contributed by atoms with E-state index in [0.717, 1.165) is 23.6 Å². The van der Waals surface area contributed by atoms with Gasteiger partial charge in [0, 0.05) is 33.7 Å². The molecule has 1 fully saturated rings. The number of halogens is 1. The Labute approximate surface area is 107 Å². The molecule has 0 bridgehead atoms. The Kier molecular flexibility index (Phi) is 4.76. The monoisotopic (exact) mass is 278 g/mol. The van der Waals surface area contributed by atoms with Crippen LogP contribution in [0.4, 0.5) is 0 Å². The summed E-state index contributed by atoms with van der Waals surface area (Å²) in [5, 5.41) is 3.41. The molecule has 6 heteroatoms. The van der Waals surface area contributed by atoms with Gasteiger partial charge in [-0.15, -0.1) is 11.3 Å². The van der Waals surface area contributed by atoms with Crippen LogP contribution in [0.15, 0.2) is 6.20 Å². The molecule has 2 heterocycles. The highest BCUT2D eigenvalue weighted by atomic mass is 35.5. The maximum Gasteiger partial charge on any atom is 0.183 e. The topological polar surface area (TPSA) is 42.0 Å². The molecule has 3 nitrogen and oxygen atoms in total. The van der Waals surface area contributed by atoms with Crippen LogP contribution in [0.5, 0.6) is 0 Å². The summed E-state index contributed by atoms with van der Waals surface area (Å²) in [4.78, 5) is 4.96. The third kappa shape index (κ3) is 3.80. The second-order valence-corrected chi connectivity index (χ2v) is 7.18. The summed E-state index contributed by atoms with van der Waals surface area (Å²) in [5.74, 6) is 1.33. The van der Waals surface area contributed by atoms with Crippen molar-refractivity contribution in [3.05, 3.63) is 15.5 Å². The standard InChI is InChI=1S/C10H15ClN2OS2/c11-10-13-5-9(15-10)7-16(14)6-8-3-1-2-4-12-8/h5,8,12H,1-4,6-7H2. The summed E-state index contributed by atoms with van der Waals surface area (Å²) in [6.07, 6.45) is 5.36. The number of piperidine rings is 1. The van der Waals surface area contributed by atoms with Crippen molar-refractivity contribution in [1.82, 2.24) is 10.3 Å². The normalized spacial score (nSPS) is 23.2. The number of thiazole rings is 1. The van der Waals surface area contributed by atoms with Gasteiger partial charge in [0.05, 0.1) is 5.75 Å². The van der Waals surface area contributed by atoms with Gasteiger partial charge in [-0.05, 0) is 19.4 Å². The van der Waals surface area contributed by atoms with Crippen LogP contribution < -0.4 is 5.32 Å². The molecule has 1 aromatic rings. The molecule has 1 saturated heterocycles. The van der Waals surface area contributed by atoms with Crippen LogP contribution in [0, 0.1) is 0 Å². The van der Waals surface area contributed by atoms with Crippen molar-refractivity contribution in [3.8, 4) is 0 Å². The summed E-state index contributed by atoms with van der Waals surface area (Å²) in [7, 11) is -0.806. The largest absolute Gasteiger partial charge is 0.313 e. The molecule has 0 saturated carbocycles. The zero-order valence-electron chi connectivity index (χ0n) is 8.95. The van der Waals surface area contributed by atoms with E-state index in [1.807, 2.05) is 0 Å². The maximum absolute atomic E-state index is 11.9. The molecule has 1 N–H and O–H groups in total. The minimum atomic E-state index is -0.806. The molecule has 2 unspecified atom stereocenters. The van der Waals surface area contributed by atoms with Crippen molar-refractivity contribution >= 4 is 33.7 Å². The van der Waals surface area contributed by atoms with Crippen molar-refractivity contribution in [2.75, 3.05) is 12.3 Å². The van der Waals surface area contributed by atoms with Gasteiger partial charge < -0.3 is 5.32 Å². The lowest BCUT2D eigenvalue weighted by Gasteiger charge is -2.22. The van der Waals surface area contributed by atoms with E-state index >= 15 is 0 Å². The number of nitrogens with one attached hydrogen (secondary N) is 1. The van der Waals surface area contributed by atoms with Crippen LogP contribution in [-0.4, -0.2) is 27.5 Å². The van der Waals surface area contributed by atoms with E-state index < -0.39 is 10.8 Å². The molecule has 90 valence electrons. The van der Waals surface area contributed by atoms with Crippen LogP contribution in [0.1, 0.15) is 24.1 Å². The zero-order chi connectivity index (χ0) is 11.4. The summed E-state index contributed by atoms with van der Waals surface area (Å²) >= 11 is 7.15. The molecule has 0 spiro atoms. The molecule has 1 aliphatic heterocycles. The Morgan fingerprint density at radius 3 is 3.12 bits per heavy atom. The van der Waals surface area contributed by atoms with Crippen LogP contribution in [0.25, 0.3) is 0 Å². The lowest BCUT2D eigenvalue weighted by Crippen LogP contribution is -2.38. The number of aromatic nitrogens is 1. The molecule has 0 aromatic carbocycles. The fourth-order valence-corrected chi connectivity index (χ4v) is 4.50. The van der Waals surface area contributed by atoms with Crippen LogP contribution in [-0.2, 0) is 16.6 Å². The first-order valence-corrected chi connectivity index (χ1v) is 8.11. The minimum Gasteiger partial charge on any atom is -0.313 e. The van der Waals surface area contributed by atoms with Crippen molar-refractivity contribution < 1.29 is 4.21 Å². The molecule has 0 aliphatic carbocycles. The van der Waals surface area contributed by atoms with Gasteiger partial charge in [-0.2, -0.15) is 0 Å². The summed E-state index contributed by atoms with van der Waals surface area (Å²) < 4.78 is 12.4. The first-order valence-electron chi connectivity index (χ1n) is 5.42. The van der Waals surface area contributed by atoms with E-state index in [-0.39, 0.29) is 0 Å². The number of nitrogens with zero attached hydrogens (tertiary/aromatic N) is 1. The molecule has 1 aliphatic rings. The predicted octanol–water partition coefficient (Wildman–Crippen LogP) is 2.19. The van der Waals surface area contributed by atoms with Crippen molar-refractivity contribution in [1.29, 1.82) is 0 Å². The van der Waals surface area contributed by atoms with Crippen LogP contribution in [0.2, 0.25) is 4.47 Å². The van der Waals surface area contributed by atoms with E-state index in [1.165, 1.54) is 24.2 Å². The van der Waals surface area contributed by atoms with Gasteiger partial charge in [-0.25, -0.2) is 4.98 Å². The Morgan fingerprint density at radius 2 is 2.50 bits per heavy atom. The Hall–Kier alpha value is 0.0300. The highest BCUT2D eigenvalue weighted by molar-refractivity contribution is 7.84. The first kappa shape index (κ1) is 12.5. The quantitative estimate of drug-likeness (QED) is 0.918. The Morgan fingerprint density at radius 1 is 1.62 bits per heavy atom. The SMILES string of the molecule is O=S(Cc1cnc(Cl)s1)CC1CCCCN1. The first-order chi connectivity index (χ1) is 7.74. The lowest BCUT2D eigenvalue weighted by atomic mass is 10.1. The zero-order valence-corrected chi connectivity index (χ0v) is 11.3. The van der Waals surface area contributed by atoms with Crippen LogP contribution >= 0.6 is 22.9 Å². The second kappa shape index (κ2) is 6.10. The average Bonchev–Trinajstić information content (AvgIpc) is 2.65. The minimum absolute atomic E-state index is 0.429. The average molecular weight is 279 g/mol. The smallest absolute Gasteiger partial charge is 0.183 e. The van der Waals surface area contributed by atoms with Crippen LogP contribution in [0.3, 0.4) is 0 Å². The maximum atomic E-state index is 11.9. The Balaban J connectivity index is 1.79. The summed E-state index contributed by atoms with van der Waals surface area (Å²) in [6, 6.07) is 0.429. The number of rotatable bonds is 4. The number of hydrogen-bond donors (Lipinski definition) is 1. The molecule has 16 heavy (non-hydrogen) atoms. The van der Waals surface area contributed by atoms with E-state index in [1.54, 1.807) is 6.20 Å². The van der Waals surface area contributed by atoms with Gasteiger partial charge >= 0.3 is 0 Å². The Bertz CT molecular complexity index is 363. The fourth-order valence-electron chi connectivity index (χ4n) is 1.86. The highest BCUT2D eigenvalue weighted by Gasteiger charge is 2.16. The van der Waals surface area contributed by atoms with Gasteiger partial charge in [-0.3, -0.25) is 4.21 Å². The predicted molar refractivity (Wildman–Crippen MR) is 69.5 cm³/mol. The van der Waals surface area contributed by atoms with Gasteiger partial charge in [0.15, 0.2) is 4.47 Å². The van der Waals surface area contributed by atoms with Gasteiger partial charge in [0.1, 0.15) is 0 Å². The van der Waals surface area contributed by atoms with Gasteiger partial charge in [0.2, 0.25) is 0 Å². The van der Waals surface area contributed by atoms with Crippen molar-refractivity contribution in [3.63, 3.8) is 0 Å². The molecule has 0 radical (unpaired) electrons. The highest BCUT2D eigenvalue weighted by Crippen LogP contribution is 2.19. The van der Waals surface area contributed by atoms with E-state index in [2.05, 4.69) is 10.3 Å². The molecular formula is C10H15ClN2OS2. The second-order valence-electron chi connectivity index (χ2n) is 3.98. The van der Waals surface area contributed by atoms with E-state index in [0.29, 0.717) is 16.3 Å². The summed E-state index contributed by atoms with van der Waals surface area (Å²) in [6.45, 7) is 1.06. The molecule has 2 atom stereocenters. The third-order valence-electron chi connectivity index (χ3n) is 2.63. The third-order valence-corrected chi connectivity index (χ3v) is 5.33. The lowest BCUT2D eigenvalue weighted by molar-refractivity contribution is 0.427. The van der Waals surface area contributed by atoms with Gasteiger partial charge in [-0.1, -0.05) is 18.0 Å². The van der Waals surface area contributed by atoms with Crippen molar-refractivity contribution in [2.24, 2.45) is 0 Å². The molecular weight excluding hydrogens is 264 g/mol. The molecule has 1 aromatic heterocycles.